The van der Waals surface area contributed by atoms with Crippen molar-refractivity contribution in [3.05, 3.63) is 88.3 Å². The first-order valence-electron chi connectivity index (χ1n) is 10.5. The largest absolute Gasteiger partial charge is 0.489 e. The summed E-state index contributed by atoms with van der Waals surface area (Å²) >= 11 is 8.16. The van der Waals surface area contributed by atoms with E-state index in [1.165, 1.54) is 10.1 Å². The summed E-state index contributed by atoms with van der Waals surface area (Å²) in [7, 11) is 0. The number of amidine groups is 1. The first-order chi connectivity index (χ1) is 16.1. The van der Waals surface area contributed by atoms with Crippen molar-refractivity contribution in [3.63, 3.8) is 0 Å². The van der Waals surface area contributed by atoms with Crippen LogP contribution in [0.1, 0.15) is 30.4 Å². The van der Waals surface area contributed by atoms with Gasteiger partial charge in [0.15, 0.2) is 0 Å². The van der Waals surface area contributed by atoms with Crippen molar-refractivity contribution in [1.82, 2.24) is 0 Å². The zero-order chi connectivity index (χ0) is 23.2. The Kier molecular flexibility index (Phi) is 7.19. The highest BCUT2D eigenvalue weighted by molar-refractivity contribution is 7.17. The van der Waals surface area contributed by atoms with Gasteiger partial charge in [-0.1, -0.05) is 53.9 Å². The first-order valence-corrected chi connectivity index (χ1v) is 11.8. The maximum absolute atomic E-state index is 6.44. The molecular weight excluding hydrogens is 450 g/mol. The average Bonchev–Trinajstić information content (AvgIpc) is 3.26. The van der Waals surface area contributed by atoms with Crippen molar-refractivity contribution < 1.29 is 4.74 Å². The Morgan fingerprint density at radius 3 is 2.61 bits per heavy atom. The molecule has 0 unspecified atom stereocenters. The van der Waals surface area contributed by atoms with Gasteiger partial charge in [-0.25, -0.2) is 0 Å². The van der Waals surface area contributed by atoms with Crippen LogP contribution in [0.5, 0.6) is 5.75 Å². The van der Waals surface area contributed by atoms with E-state index in [2.05, 4.69) is 46.6 Å². The fourth-order valence-corrected chi connectivity index (χ4v) is 4.88. The second-order valence-electron chi connectivity index (χ2n) is 7.59. The van der Waals surface area contributed by atoms with E-state index in [-0.39, 0.29) is 5.92 Å². The van der Waals surface area contributed by atoms with Crippen LogP contribution in [0.15, 0.2) is 77.2 Å². The van der Waals surface area contributed by atoms with Crippen molar-refractivity contribution in [2.24, 2.45) is 16.7 Å². The molecule has 6 heteroatoms. The molecule has 4 N–H and O–H groups in total. The molecule has 0 saturated heterocycles. The summed E-state index contributed by atoms with van der Waals surface area (Å²) in [6.07, 6.45) is 0.492. The van der Waals surface area contributed by atoms with Gasteiger partial charge in [-0.3, -0.25) is 0 Å². The number of nitrogens with two attached hydrogens (primary N) is 2. The molecule has 1 atom stereocenters. The minimum atomic E-state index is -0.0550. The predicted octanol–water partition coefficient (Wildman–Crippen LogP) is 6.53. The molecule has 0 aliphatic rings. The molecule has 0 aliphatic carbocycles. The van der Waals surface area contributed by atoms with Crippen LogP contribution in [0.2, 0.25) is 5.02 Å². The van der Waals surface area contributed by atoms with Gasteiger partial charge in [0.1, 0.15) is 18.2 Å². The zero-order valence-electron chi connectivity index (χ0n) is 18.2. The number of thiophene rings is 1. The molecule has 0 fully saturated rings. The Bertz CT molecular complexity index is 1350. The molecular formula is C27H24ClN3OS. The SMILES string of the molecule is CC#C[C@@H](C/C(N)=N/N)c1ccc(OCc2ccc3scc(-c4ccccc4Cl)c3c2)cc1. The van der Waals surface area contributed by atoms with Crippen molar-refractivity contribution in [3.8, 4) is 28.7 Å². The summed E-state index contributed by atoms with van der Waals surface area (Å²) in [5.74, 6) is 12.5. The normalized spacial score (nSPS) is 12.2. The third-order valence-corrected chi connectivity index (χ3v) is 6.68. The first kappa shape index (κ1) is 22.7. The van der Waals surface area contributed by atoms with Crippen LogP contribution in [-0.4, -0.2) is 5.84 Å². The molecule has 0 amide bonds. The molecule has 4 rings (SSSR count). The molecule has 0 radical (unpaired) electrons. The lowest BCUT2D eigenvalue weighted by molar-refractivity contribution is 0.306. The van der Waals surface area contributed by atoms with Gasteiger partial charge in [-0.2, -0.15) is 5.10 Å². The summed E-state index contributed by atoms with van der Waals surface area (Å²) in [5.41, 5.74) is 10.1. The third kappa shape index (κ3) is 5.31. The van der Waals surface area contributed by atoms with Gasteiger partial charge in [0.25, 0.3) is 0 Å². The van der Waals surface area contributed by atoms with Crippen molar-refractivity contribution >= 4 is 38.9 Å². The minimum absolute atomic E-state index is 0.0550. The molecule has 0 aliphatic heterocycles. The fourth-order valence-electron chi connectivity index (χ4n) is 3.71. The average molecular weight is 474 g/mol. The van der Waals surface area contributed by atoms with E-state index in [0.717, 1.165) is 33.0 Å². The topological polar surface area (TPSA) is 73.6 Å². The number of ether oxygens (including phenoxy) is 1. The van der Waals surface area contributed by atoms with Crippen LogP contribution >= 0.6 is 22.9 Å². The van der Waals surface area contributed by atoms with Gasteiger partial charge in [0, 0.05) is 32.7 Å². The van der Waals surface area contributed by atoms with E-state index in [0.29, 0.717) is 18.9 Å². The second kappa shape index (κ2) is 10.4. The summed E-state index contributed by atoms with van der Waals surface area (Å²) < 4.78 is 7.28. The lowest BCUT2D eigenvalue weighted by Crippen LogP contribution is -2.17. The quantitative estimate of drug-likeness (QED) is 0.105. The third-order valence-electron chi connectivity index (χ3n) is 5.39. The molecule has 0 spiro atoms. The predicted molar refractivity (Wildman–Crippen MR) is 140 cm³/mol. The van der Waals surface area contributed by atoms with Crippen molar-refractivity contribution in [2.45, 2.75) is 25.9 Å². The summed E-state index contributed by atoms with van der Waals surface area (Å²) in [4.78, 5) is 0. The molecule has 1 heterocycles. The number of nitrogens with zero attached hydrogens (tertiary/aromatic N) is 1. The molecule has 1 aromatic heterocycles. The van der Waals surface area contributed by atoms with Crippen LogP contribution in [0.4, 0.5) is 0 Å². The number of hydrogen-bond donors (Lipinski definition) is 2. The van der Waals surface area contributed by atoms with E-state index in [1.807, 2.05) is 49.4 Å². The number of fused-ring (bicyclic) bond motifs is 1. The highest BCUT2D eigenvalue weighted by atomic mass is 35.5. The van der Waals surface area contributed by atoms with Crippen LogP contribution in [0, 0.1) is 11.8 Å². The minimum Gasteiger partial charge on any atom is -0.489 e. The van der Waals surface area contributed by atoms with Crippen LogP contribution in [0.3, 0.4) is 0 Å². The highest BCUT2D eigenvalue weighted by Crippen LogP contribution is 2.38. The van der Waals surface area contributed by atoms with Gasteiger partial charge >= 0.3 is 0 Å². The Hall–Kier alpha value is -3.46. The van der Waals surface area contributed by atoms with E-state index in [1.54, 1.807) is 11.3 Å². The molecule has 3 aromatic carbocycles. The Morgan fingerprint density at radius 2 is 1.88 bits per heavy atom. The highest BCUT2D eigenvalue weighted by Gasteiger charge is 2.12. The van der Waals surface area contributed by atoms with Gasteiger partial charge in [0.05, 0.1) is 5.92 Å². The smallest absolute Gasteiger partial charge is 0.120 e. The number of rotatable bonds is 7. The molecule has 33 heavy (non-hydrogen) atoms. The standard InChI is InChI=1S/C27H24ClN3OS/c1-2-5-20(15-27(29)31-30)19-9-11-21(12-10-19)32-16-18-8-13-26-23(14-18)24(17-33-26)22-6-3-4-7-25(22)28/h3-4,6-14,17,20H,15-16,30H2,1H3,(H2,29,31)/t20-/m0/s1. The fraction of sp³-hybridized carbons (Fsp3) is 0.148. The van der Waals surface area contributed by atoms with Gasteiger partial charge in [-0.05, 0) is 53.8 Å². The summed E-state index contributed by atoms with van der Waals surface area (Å²) in [6, 6.07) is 22.3. The molecule has 4 aromatic rings. The number of halogens is 1. The monoisotopic (exact) mass is 473 g/mol. The lowest BCUT2D eigenvalue weighted by atomic mass is 9.95. The number of hydrazone groups is 1. The Morgan fingerprint density at radius 1 is 1.09 bits per heavy atom. The zero-order valence-corrected chi connectivity index (χ0v) is 19.8. The summed E-state index contributed by atoms with van der Waals surface area (Å²) in [5, 5.41) is 7.66. The molecule has 166 valence electrons. The van der Waals surface area contributed by atoms with Crippen LogP contribution in [-0.2, 0) is 6.61 Å². The molecule has 0 saturated carbocycles. The van der Waals surface area contributed by atoms with Gasteiger partial charge in [-0.15, -0.1) is 17.3 Å². The van der Waals surface area contributed by atoms with E-state index >= 15 is 0 Å². The maximum Gasteiger partial charge on any atom is 0.120 e. The molecule has 4 nitrogen and oxygen atoms in total. The van der Waals surface area contributed by atoms with Crippen molar-refractivity contribution in [1.29, 1.82) is 0 Å². The second-order valence-corrected chi connectivity index (χ2v) is 8.91. The van der Waals surface area contributed by atoms with E-state index in [4.69, 9.17) is 27.9 Å². The Balaban J connectivity index is 1.50. The number of hydrogen-bond acceptors (Lipinski definition) is 4. The van der Waals surface area contributed by atoms with Gasteiger partial charge in [0.2, 0.25) is 0 Å². The van der Waals surface area contributed by atoms with Crippen molar-refractivity contribution in [2.75, 3.05) is 0 Å². The lowest BCUT2D eigenvalue weighted by Gasteiger charge is -2.12. The Labute approximate surface area is 202 Å². The van der Waals surface area contributed by atoms with E-state index in [9.17, 15) is 0 Å². The molecule has 0 bridgehead atoms. The van der Waals surface area contributed by atoms with Crippen LogP contribution in [0.25, 0.3) is 21.2 Å². The summed E-state index contributed by atoms with van der Waals surface area (Å²) in [6.45, 7) is 2.28. The number of benzene rings is 3. The van der Waals surface area contributed by atoms with Crippen LogP contribution < -0.4 is 16.3 Å². The van der Waals surface area contributed by atoms with E-state index < -0.39 is 0 Å². The maximum atomic E-state index is 6.44. The van der Waals surface area contributed by atoms with Gasteiger partial charge < -0.3 is 16.3 Å².